The predicted molar refractivity (Wildman–Crippen MR) is 78.8 cm³/mol. The molecule has 1 N–H and O–H groups in total. The quantitative estimate of drug-likeness (QED) is 0.935. The van der Waals surface area contributed by atoms with Crippen molar-refractivity contribution in [3.05, 3.63) is 64.4 Å². The van der Waals surface area contributed by atoms with E-state index in [0.717, 1.165) is 5.56 Å². The molecular formula is C14H13ClFNO2S. The molecule has 0 spiro atoms. The number of benzene rings is 2. The summed E-state index contributed by atoms with van der Waals surface area (Å²) in [6, 6.07) is 10.3. The summed E-state index contributed by atoms with van der Waals surface area (Å²) >= 11 is 5.82. The van der Waals surface area contributed by atoms with Crippen molar-refractivity contribution < 1.29 is 12.8 Å². The van der Waals surface area contributed by atoms with Crippen LogP contribution in [0.1, 0.15) is 11.1 Å². The number of halogens is 2. The van der Waals surface area contributed by atoms with Crippen molar-refractivity contribution in [2.45, 2.75) is 12.7 Å². The van der Waals surface area contributed by atoms with Crippen LogP contribution in [0, 0.1) is 12.7 Å². The van der Waals surface area contributed by atoms with Gasteiger partial charge in [0.1, 0.15) is 5.82 Å². The second-order valence-corrected chi connectivity index (χ2v) is 6.61. The van der Waals surface area contributed by atoms with E-state index in [4.69, 9.17) is 11.6 Å². The average molecular weight is 314 g/mol. The second-order valence-electron chi connectivity index (χ2n) is 4.45. The zero-order valence-corrected chi connectivity index (χ0v) is 12.3. The van der Waals surface area contributed by atoms with Gasteiger partial charge >= 0.3 is 0 Å². The molecule has 0 saturated carbocycles. The Morgan fingerprint density at radius 1 is 1.15 bits per heavy atom. The Hall–Kier alpha value is -1.59. The average Bonchev–Trinajstić information content (AvgIpc) is 2.35. The Kier molecular flexibility index (Phi) is 4.30. The van der Waals surface area contributed by atoms with E-state index < -0.39 is 15.8 Å². The van der Waals surface area contributed by atoms with Crippen molar-refractivity contribution in [3.8, 4) is 0 Å². The molecule has 0 aliphatic rings. The Morgan fingerprint density at radius 2 is 1.80 bits per heavy atom. The highest BCUT2D eigenvalue weighted by Gasteiger charge is 2.13. The van der Waals surface area contributed by atoms with E-state index in [2.05, 4.69) is 4.72 Å². The largest absolute Gasteiger partial charge is 0.283 e. The third-order valence-corrected chi connectivity index (χ3v) is 4.20. The highest BCUT2D eigenvalue weighted by Crippen LogP contribution is 2.21. The summed E-state index contributed by atoms with van der Waals surface area (Å²) < 4.78 is 39.4. The fourth-order valence-corrected chi connectivity index (χ4v) is 3.24. The second kappa shape index (κ2) is 5.81. The van der Waals surface area contributed by atoms with Gasteiger partial charge in [-0.2, -0.15) is 0 Å². The summed E-state index contributed by atoms with van der Waals surface area (Å²) in [5, 5.41) is 0.545. The Bertz CT molecular complexity index is 714. The lowest BCUT2D eigenvalue weighted by molar-refractivity contribution is 0.600. The first-order valence-corrected chi connectivity index (χ1v) is 7.90. The number of nitrogens with one attached hydrogen (secondary N) is 1. The van der Waals surface area contributed by atoms with Crippen LogP contribution in [0.15, 0.2) is 42.5 Å². The molecule has 0 radical (unpaired) electrons. The molecule has 2 aromatic rings. The summed E-state index contributed by atoms with van der Waals surface area (Å²) in [6.45, 7) is 1.77. The van der Waals surface area contributed by atoms with Crippen LogP contribution in [-0.2, 0) is 15.8 Å². The maximum Gasteiger partial charge on any atom is 0.236 e. The molecule has 0 aliphatic carbocycles. The lowest BCUT2D eigenvalue weighted by Gasteiger charge is -2.10. The zero-order valence-electron chi connectivity index (χ0n) is 10.7. The minimum atomic E-state index is -3.55. The lowest BCUT2D eigenvalue weighted by Crippen LogP contribution is -2.15. The molecule has 0 amide bonds. The van der Waals surface area contributed by atoms with Crippen molar-refractivity contribution >= 4 is 27.3 Å². The number of hydrogen-bond donors (Lipinski definition) is 1. The van der Waals surface area contributed by atoms with Crippen LogP contribution in [-0.4, -0.2) is 8.42 Å². The van der Waals surface area contributed by atoms with Crippen LogP contribution in [0.4, 0.5) is 10.1 Å². The summed E-state index contributed by atoms with van der Waals surface area (Å²) in [5.74, 6) is -0.609. The minimum absolute atomic E-state index is 0.213. The van der Waals surface area contributed by atoms with Crippen molar-refractivity contribution in [3.63, 3.8) is 0 Å². The van der Waals surface area contributed by atoms with Gasteiger partial charge in [-0.15, -0.1) is 0 Å². The number of aryl methyl sites for hydroxylation is 1. The van der Waals surface area contributed by atoms with Crippen LogP contribution < -0.4 is 4.72 Å². The molecule has 0 aliphatic heterocycles. The van der Waals surface area contributed by atoms with Gasteiger partial charge in [-0.1, -0.05) is 23.7 Å². The topological polar surface area (TPSA) is 46.2 Å². The van der Waals surface area contributed by atoms with Crippen LogP contribution >= 0.6 is 11.6 Å². The van der Waals surface area contributed by atoms with Gasteiger partial charge in [0, 0.05) is 5.02 Å². The van der Waals surface area contributed by atoms with Crippen molar-refractivity contribution in [2.24, 2.45) is 0 Å². The van der Waals surface area contributed by atoms with Gasteiger partial charge in [-0.05, 0) is 48.4 Å². The molecule has 0 saturated heterocycles. The molecule has 20 heavy (non-hydrogen) atoms. The SMILES string of the molecule is Cc1cc(Cl)ccc1NS(=O)(=O)Cc1ccc(F)cc1. The lowest BCUT2D eigenvalue weighted by atomic mass is 10.2. The van der Waals surface area contributed by atoms with E-state index in [1.54, 1.807) is 25.1 Å². The van der Waals surface area contributed by atoms with Gasteiger partial charge in [-0.25, -0.2) is 12.8 Å². The molecule has 0 bridgehead atoms. The molecule has 2 rings (SSSR count). The van der Waals surface area contributed by atoms with Gasteiger partial charge < -0.3 is 0 Å². The van der Waals surface area contributed by atoms with E-state index in [-0.39, 0.29) is 5.75 Å². The van der Waals surface area contributed by atoms with Crippen molar-refractivity contribution in [2.75, 3.05) is 4.72 Å². The standard InChI is InChI=1S/C14H13ClFNO2S/c1-10-8-12(15)4-7-14(10)17-20(18,19)9-11-2-5-13(16)6-3-11/h2-8,17H,9H2,1H3. The van der Waals surface area contributed by atoms with E-state index in [9.17, 15) is 12.8 Å². The van der Waals surface area contributed by atoms with Crippen molar-refractivity contribution in [1.29, 1.82) is 0 Å². The first kappa shape index (κ1) is 14.8. The molecule has 0 fully saturated rings. The van der Waals surface area contributed by atoms with Crippen LogP contribution in [0.5, 0.6) is 0 Å². The van der Waals surface area contributed by atoms with Gasteiger partial charge in [0.25, 0.3) is 0 Å². The fraction of sp³-hybridized carbons (Fsp3) is 0.143. The molecule has 6 heteroatoms. The summed E-state index contributed by atoms with van der Waals surface area (Å²) in [4.78, 5) is 0. The van der Waals surface area contributed by atoms with Crippen LogP contribution in [0.2, 0.25) is 5.02 Å². The van der Waals surface area contributed by atoms with Crippen LogP contribution in [0.25, 0.3) is 0 Å². The van der Waals surface area contributed by atoms with E-state index in [1.165, 1.54) is 24.3 Å². The maximum atomic E-state index is 12.8. The zero-order chi connectivity index (χ0) is 14.8. The van der Waals surface area contributed by atoms with E-state index in [0.29, 0.717) is 16.3 Å². The van der Waals surface area contributed by atoms with E-state index >= 15 is 0 Å². The Balaban J connectivity index is 2.17. The monoisotopic (exact) mass is 313 g/mol. The number of sulfonamides is 1. The summed E-state index contributed by atoms with van der Waals surface area (Å²) in [5.41, 5.74) is 1.74. The highest BCUT2D eigenvalue weighted by atomic mass is 35.5. The molecule has 3 nitrogen and oxygen atoms in total. The van der Waals surface area contributed by atoms with Gasteiger partial charge in [0.2, 0.25) is 10.0 Å². The van der Waals surface area contributed by atoms with E-state index in [1.807, 2.05) is 0 Å². The molecule has 106 valence electrons. The predicted octanol–water partition coefficient (Wildman–Crippen LogP) is 3.73. The first-order valence-electron chi connectivity index (χ1n) is 5.87. The number of hydrogen-bond acceptors (Lipinski definition) is 2. The first-order chi connectivity index (χ1) is 9.35. The number of rotatable bonds is 4. The normalized spacial score (nSPS) is 11.3. The summed E-state index contributed by atoms with van der Waals surface area (Å²) in [6.07, 6.45) is 0. The molecule has 0 unspecified atom stereocenters. The smallest absolute Gasteiger partial charge is 0.236 e. The van der Waals surface area contributed by atoms with Gasteiger partial charge in [0.05, 0.1) is 11.4 Å². The third-order valence-electron chi connectivity index (χ3n) is 2.72. The van der Waals surface area contributed by atoms with Gasteiger partial charge in [0.15, 0.2) is 0 Å². The Morgan fingerprint density at radius 3 is 2.40 bits per heavy atom. The molecule has 2 aromatic carbocycles. The fourth-order valence-electron chi connectivity index (χ4n) is 1.75. The minimum Gasteiger partial charge on any atom is -0.283 e. The molecule has 0 atom stereocenters. The van der Waals surface area contributed by atoms with Crippen molar-refractivity contribution in [1.82, 2.24) is 0 Å². The van der Waals surface area contributed by atoms with Crippen LogP contribution in [0.3, 0.4) is 0 Å². The third kappa shape index (κ3) is 3.95. The molecule has 0 heterocycles. The summed E-state index contributed by atoms with van der Waals surface area (Å²) in [7, 11) is -3.55. The molecular weight excluding hydrogens is 301 g/mol. The van der Waals surface area contributed by atoms with Gasteiger partial charge in [-0.3, -0.25) is 4.72 Å². The number of anilines is 1. The Labute approximate surface area is 122 Å². The molecule has 0 aromatic heterocycles. The highest BCUT2D eigenvalue weighted by molar-refractivity contribution is 7.91. The maximum absolute atomic E-state index is 12.8.